The molecule has 0 spiro atoms. The van der Waals surface area contributed by atoms with Gasteiger partial charge in [0, 0.05) is 31.7 Å². The zero-order valence-corrected chi connectivity index (χ0v) is 8.79. The third kappa shape index (κ3) is 1.34. The van der Waals surface area contributed by atoms with Crippen LogP contribution in [0.15, 0.2) is 0 Å². The molecular weight excluding hydrogens is 192 g/mol. The number of rotatable bonds is 2. The molecule has 0 saturated carbocycles. The smallest absolute Gasteiger partial charge is 0.318 e. The Balaban J connectivity index is 2.06. The molecule has 0 aromatic carbocycles. The first-order valence-corrected chi connectivity index (χ1v) is 5.28. The van der Waals surface area contributed by atoms with E-state index < -0.39 is 0 Å². The van der Waals surface area contributed by atoms with E-state index >= 15 is 0 Å². The van der Waals surface area contributed by atoms with E-state index in [1.54, 1.807) is 7.11 Å². The molecular formula is C10H14N4O. The minimum absolute atomic E-state index is 0.486. The molecule has 3 rings (SSSR count). The van der Waals surface area contributed by atoms with E-state index in [9.17, 15) is 0 Å². The van der Waals surface area contributed by atoms with Gasteiger partial charge in [0.15, 0.2) is 0 Å². The van der Waals surface area contributed by atoms with Crippen molar-refractivity contribution in [3.8, 4) is 6.01 Å². The molecule has 5 nitrogen and oxygen atoms in total. The predicted octanol–water partition coefficient (Wildman–Crippen LogP) is 0.299. The number of ether oxygens (including phenoxy) is 1. The molecule has 15 heavy (non-hydrogen) atoms. The molecule has 2 aliphatic heterocycles. The van der Waals surface area contributed by atoms with E-state index in [1.807, 2.05) is 0 Å². The van der Waals surface area contributed by atoms with Crippen molar-refractivity contribution in [2.24, 2.45) is 0 Å². The SMILES string of the molecule is COc1nc2c(c(N3CCC3)n1)CNC2. The lowest BCUT2D eigenvalue weighted by atomic mass is 10.1. The molecule has 0 amide bonds. The minimum Gasteiger partial charge on any atom is -0.467 e. The van der Waals surface area contributed by atoms with Crippen molar-refractivity contribution in [3.63, 3.8) is 0 Å². The first-order valence-electron chi connectivity index (χ1n) is 5.28. The summed E-state index contributed by atoms with van der Waals surface area (Å²) in [6.45, 7) is 3.92. The largest absolute Gasteiger partial charge is 0.467 e. The lowest BCUT2D eigenvalue weighted by Crippen LogP contribution is -2.38. The standard InChI is InChI=1S/C10H14N4O/c1-15-10-12-8-6-11-5-7(8)9(13-10)14-3-2-4-14/h11H,2-6H2,1H3. The summed E-state index contributed by atoms with van der Waals surface area (Å²) in [6.07, 6.45) is 1.26. The van der Waals surface area contributed by atoms with Gasteiger partial charge in [-0.1, -0.05) is 0 Å². The topological polar surface area (TPSA) is 50.3 Å². The summed E-state index contributed by atoms with van der Waals surface area (Å²) in [7, 11) is 1.62. The van der Waals surface area contributed by atoms with Crippen LogP contribution in [0.1, 0.15) is 17.7 Å². The van der Waals surface area contributed by atoms with Crippen molar-refractivity contribution in [1.82, 2.24) is 15.3 Å². The number of nitrogens with zero attached hydrogens (tertiary/aromatic N) is 3. The highest BCUT2D eigenvalue weighted by molar-refractivity contribution is 5.52. The molecule has 1 aromatic heterocycles. The van der Waals surface area contributed by atoms with Gasteiger partial charge in [0.1, 0.15) is 5.82 Å². The zero-order valence-electron chi connectivity index (χ0n) is 8.79. The molecule has 1 saturated heterocycles. The van der Waals surface area contributed by atoms with Gasteiger partial charge in [0.2, 0.25) is 0 Å². The van der Waals surface area contributed by atoms with Crippen LogP contribution >= 0.6 is 0 Å². The fourth-order valence-corrected chi connectivity index (χ4v) is 2.01. The van der Waals surface area contributed by atoms with Crippen LogP contribution in [0.4, 0.5) is 5.82 Å². The van der Waals surface area contributed by atoms with Crippen LogP contribution in [-0.2, 0) is 13.1 Å². The fourth-order valence-electron chi connectivity index (χ4n) is 2.01. The number of methoxy groups -OCH3 is 1. The van der Waals surface area contributed by atoms with Crippen LogP contribution < -0.4 is 15.0 Å². The molecule has 0 radical (unpaired) electrons. The van der Waals surface area contributed by atoms with Crippen LogP contribution in [0.2, 0.25) is 0 Å². The third-order valence-corrected chi connectivity index (χ3v) is 2.98. The van der Waals surface area contributed by atoms with Crippen molar-refractivity contribution in [2.45, 2.75) is 19.5 Å². The maximum absolute atomic E-state index is 5.12. The highest BCUT2D eigenvalue weighted by Crippen LogP contribution is 2.29. The van der Waals surface area contributed by atoms with Crippen molar-refractivity contribution < 1.29 is 4.74 Å². The predicted molar refractivity (Wildman–Crippen MR) is 56.0 cm³/mol. The fraction of sp³-hybridized carbons (Fsp3) is 0.600. The van der Waals surface area contributed by atoms with Crippen molar-refractivity contribution in [1.29, 1.82) is 0 Å². The Hall–Kier alpha value is -1.36. The summed E-state index contributed by atoms with van der Waals surface area (Å²) in [5.41, 5.74) is 2.33. The quantitative estimate of drug-likeness (QED) is 0.754. The van der Waals surface area contributed by atoms with Crippen molar-refractivity contribution >= 4 is 5.82 Å². The van der Waals surface area contributed by atoms with Gasteiger partial charge in [-0.2, -0.15) is 9.97 Å². The van der Waals surface area contributed by atoms with Crippen LogP contribution in [0.5, 0.6) is 6.01 Å². The Kier molecular flexibility index (Phi) is 1.98. The van der Waals surface area contributed by atoms with E-state index in [1.165, 1.54) is 12.0 Å². The molecule has 1 aromatic rings. The average molecular weight is 206 g/mol. The first kappa shape index (κ1) is 8.91. The van der Waals surface area contributed by atoms with Gasteiger partial charge < -0.3 is 15.0 Å². The minimum atomic E-state index is 0.486. The number of hydrogen-bond donors (Lipinski definition) is 1. The van der Waals surface area contributed by atoms with Crippen LogP contribution in [0, 0.1) is 0 Å². The molecule has 5 heteroatoms. The second kappa shape index (κ2) is 3.34. The number of hydrogen-bond acceptors (Lipinski definition) is 5. The van der Waals surface area contributed by atoms with Gasteiger partial charge in [-0.05, 0) is 6.42 Å². The summed E-state index contributed by atoms with van der Waals surface area (Å²) >= 11 is 0. The number of anilines is 1. The second-order valence-electron chi connectivity index (χ2n) is 3.90. The van der Waals surface area contributed by atoms with Gasteiger partial charge >= 0.3 is 6.01 Å². The van der Waals surface area contributed by atoms with E-state index in [0.29, 0.717) is 6.01 Å². The molecule has 3 heterocycles. The van der Waals surface area contributed by atoms with Gasteiger partial charge in [0.05, 0.1) is 12.8 Å². The van der Waals surface area contributed by atoms with Gasteiger partial charge in [-0.25, -0.2) is 0 Å². The van der Waals surface area contributed by atoms with Gasteiger partial charge in [-0.15, -0.1) is 0 Å². The van der Waals surface area contributed by atoms with Gasteiger partial charge in [-0.3, -0.25) is 0 Å². The van der Waals surface area contributed by atoms with Crippen molar-refractivity contribution in [2.75, 3.05) is 25.1 Å². The highest BCUT2D eigenvalue weighted by Gasteiger charge is 2.25. The molecule has 0 unspecified atom stereocenters. The van der Waals surface area contributed by atoms with E-state index in [0.717, 1.165) is 37.7 Å². The van der Waals surface area contributed by atoms with Crippen LogP contribution in [0.25, 0.3) is 0 Å². The zero-order chi connectivity index (χ0) is 10.3. The summed E-state index contributed by atoms with van der Waals surface area (Å²) in [5.74, 6) is 1.06. The summed E-state index contributed by atoms with van der Waals surface area (Å²) in [5, 5.41) is 3.30. The lowest BCUT2D eigenvalue weighted by Gasteiger charge is -2.33. The number of nitrogens with one attached hydrogen (secondary N) is 1. The van der Waals surface area contributed by atoms with Crippen LogP contribution in [0.3, 0.4) is 0 Å². The van der Waals surface area contributed by atoms with Crippen molar-refractivity contribution in [3.05, 3.63) is 11.3 Å². The Labute approximate surface area is 88.5 Å². The maximum Gasteiger partial charge on any atom is 0.318 e. The summed E-state index contributed by atoms with van der Waals surface area (Å²) in [6, 6.07) is 0.486. The maximum atomic E-state index is 5.12. The third-order valence-electron chi connectivity index (χ3n) is 2.98. The van der Waals surface area contributed by atoms with E-state index in [4.69, 9.17) is 4.74 Å². The molecule has 0 atom stereocenters. The van der Waals surface area contributed by atoms with Crippen LogP contribution in [-0.4, -0.2) is 30.2 Å². The Morgan fingerprint density at radius 2 is 2.13 bits per heavy atom. The number of aromatic nitrogens is 2. The molecule has 2 aliphatic rings. The first-order chi connectivity index (χ1) is 7.38. The molecule has 80 valence electrons. The Bertz CT molecular complexity index is 389. The molecule has 0 aliphatic carbocycles. The molecule has 0 bridgehead atoms. The van der Waals surface area contributed by atoms with E-state index in [2.05, 4.69) is 20.2 Å². The molecule has 1 N–H and O–H groups in total. The Morgan fingerprint density at radius 1 is 1.27 bits per heavy atom. The van der Waals surface area contributed by atoms with E-state index in [-0.39, 0.29) is 0 Å². The highest BCUT2D eigenvalue weighted by atomic mass is 16.5. The lowest BCUT2D eigenvalue weighted by molar-refractivity contribution is 0.377. The summed E-state index contributed by atoms with van der Waals surface area (Å²) < 4.78 is 5.12. The number of fused-ring (bicyclic) bond motifs is 1. The monoisotopic (exact) mass is 206 g/mol. The summed E-state index contributed by atoms with van der Waals surface area (Å²) in [4.78, 5) is 11.1. The second-order valence-corrected chi connectivity index (χ2v) is 3.90. The Morgan fingerprint density at radius 3 is 2.80 bits per heavy atom. The van der Waals surface area contributed by atoms with Gasteiger partial charge in [0.25, 0.3) is 0 Å². The normalized spacial score (nSPS) is 18.6. The average Bonchev–Trinajstić information content (AvgIpc) is 2.62. The molecule has 1 fully saturated rings.